The molecule has 0 spiro atoms. The molecule has 0 aliphatic heterocycles. The van der Waals surface area contributed by atoms with E-state index in [0.717, 1.165) is 19.3 Å². The third-order valence-electron chi connectivity index (χ3n) is 3.30. The molecule has 1 amide bonds. The maximum absolute atomic E-state index is 11.4. The zero-order chi connectivity index (χ0) is 12.0. The van der Waals surface area contributed by atoms with Gasteiger partial charge in [0, 0.05) is 19.2 Å². The first-order valence-electron chi connectivity index (χ1n) is 6.19. The average Bonchev–Trinajstić information content (AvgIpc) is 2.43. The van der Waals surface area contributed by atoms with Crippen molar-refractivity contribution < 1.29 is 9.53 Å². The zero-order valence-corrected chi connectivity index (χ0v) is 10.4. The molecular weight excluding hydrogens is 204 g/mol. The highest BCUT2D eigenvalue weighted by Gasteiger charge is 2.28. The maximum atomic E-state index is 11.4. The van der Waals surface area contributed by atoms with Crippen LogP contribution < -0.4 is 11.1 Å². The third kappa shape index (κ3) is 4.10. The van der Waals surface area contributed by atoms with Gasteiger partial charge in [-0.2, -0.15) is 0 Å². The monoisotopic (exact) mass is 228 g/mol. The molecule has 0 bridgehead atoms. The number of carbonyl (C=O) groups is 1. The molecule has 4 heteroatoms. The zero-order valence-electron chi connectivity index (χ0n) is 10.4. The SMILES string of the molecule is COCC(C)NC1CCCCCC1C(N)=O. The maximum Gasteiger partial charge on any atom is 0.222 e. The van der Waals surface area contributed by atoms with Gasteiger partial charge in [-0.25, -0.2) is 0 Å². The first kappa shape index (κ1) is 13.5. The number of methoxy groups -OCH3 is 1. The van der Waals surface area contributed by atoms with Crippen LogP contribution in [0.4, 0.5) is 0 Å². The summed E-state index contributed by atoms with van der Waals surface area (Å²) in [5, 5.41) is 3.47. The minimum Gasteiger partial charge on any atom is -0.383 e. The van der Waals surface area contributed by atoms with E-state index in [1.165, 1.54) is 12.8 Å². The molecule has 1 aliphatic carbocycles. The van der Waals surface area contributed by atoms with Crippen molar-refractivity contribution in [3.05, 3.63) is 0 Å². The molecule has 3 N–H and O–H groups in total. The number of hydrogen-bond donors (Lipinski definition) is 2. The van der Waals surface area contributed by atoms with Crippen LogP contribution in [-0.4, -0.2) is 31.7 Å². The average molecular weight is 228 g/mol. The first-order chi connectivity index (χ1) is 7.65. The van der Waals surface area contributed by atoms with Gasteiger partial charge in [0.05, 0.1) is 12.5 Å². The quantitative estimate of drug-likeness (QED) is 0.691. The van der Waals surface area contributed by atoms with Crippen LogP contribution in [0.25, 0.3) is 0 Å². The normalized spacial score (nSPS) is 28.4. The smallest absolute Gasteiger partial charge is 0.222 e. The number of nitrogens with one attached hydrogen (secondary N) is 1. The number of ether oxygens (including phenoxy) is 1. The fraction of sp³-hybridized carbons (Fsp3) is 0.917. The fourth-order valence-corrected chi connectivity index (χ4v) is 2.51. The van der Waals surface area contributed by atoms with Crippen LogP contribution in [0.5, 0.6) is 0 Å². The van der Waals surface area contributed by atoms with Crippen molar-refractivity contribution in [1.82, 2.24) is 5.32 Å². The van der Waals surface area contributed by atoms with Crippen molar-refractivity contribution >= 4 is 5.91 Å². The summed E-state index contributed by atoms with van der Waals surface area (Å²) in [6, 6.07) is 0.500. The second-order valence-corrected chi connectivity index (χ2v) is 4.78. The van der Waals surface area contributed by atoms with Gasteiger partial charge in [0.15, 0.2) is 0 Å². The summed E-state index contributed by atoms with van der Waals surface area (Å²) < 4.78 is 5.09. The van der Waals surface area contributed by atoms with Crippen molar-refractivity contribution in [2.75, 3.05) is 13.7 Å². The summed E-state index contributed by atoms with van der Waals surface area (Å²) in [7, 11) is 1.69. The Morgan fingerprint density at radius 2 is 2.12 bits per heavy atom. The Hall–Kier alpha value is -0.610. The van der Waals surface area contributed by atoms with Gasteiger partial charge in [0.2, 0.25) is 5.91 Å². The molecule has 1 aliphatic rings. The van der Waals surface area contributed by atoms with Crippen molar-refractivity contribution in [2.45, 2.75) is 51.1 Å². The number of carbonyl (C=O) groups excluding carboxylic acids is 1. The summed E-state index contributed by atoms with van der Waals surface area (Å²) in [5.74, 6) is -0.175. The molecular formula is C12H24N2O2. The Kier molecular flexibility index (Phi) is 5.77. The molecule has 0 heterocycles. The second-order valence-electron chi connectivity index (χ2n) is 4.78. The molecule has 4 nitrogen and oxygen atoms in total. The van der Waals surface area contributed by atoms with E-state index in [0.29, 0.717) is 6.61 Å². The summed E-state index contributed by atoms with van der Waals surface area (Å²) in [4.78, 5) is 11.4. The van der Waals surface area contributed by atoms with Gasteiger partial charge < -0.3 is 15.8 Å². The van der Waals surface area contributed by atoms with Crippen LogP contribution in [0.15, 0.2) is 0 Å². The minimum absolute atomic E-state index is 0.0122. The van der Waals surface area contributed by atoms with Crippen LogP contribution >= 0.6 is 0 Å². The molecule has 0 radical (unpaired) electrons. The van der Waals surface area contributed by atoms with Gasteiger partial charge in [0.1, 0.15) is 0 Å². The molecule has 0 aromatic rings. The van der Waals surface area contributed by atoms with Gasteiger partial charge in [-0.05, 0) is 19.8 Å². The standard InChI is InChI=1S/C12H24N2O2/c1-9(8-16-2)14-11-7-5-3-4-6-10(11)12(13)15/h9-11,14H,3-8H2,1-2H3,(H2,13,15). The Labute approximate surface area is 97.9 Å². The van der Waals surface area contributed by atoms with Crippen LogP contribution in [-0.2, 0) is 9.53 Å². The number of nitrogens with two attached hydrogens (primary N) is 1. The summed E-state index contributed by atoms with van der Waals surface area (Å²) in [6.07, 6.45) is 5.47. The highest BCUT2D eigenvalue weighted by Crippen LogP contribution is 2.23. The Morgan fingerprint density at radius 3 is 2.75 bits per heavy atom. The summed E-state index contributed by atoms with van der Waals surface area (Å²) >= 11 is 0. The lowest BCUT2D eigenvalue weighted by atomic mass is 9.93. The lowest BCUT2D eigenvalue weighted by Gasteiger charge is -2.27. The van der Waals surface area contributed by atoms with Crippen LogP contribution in [0.3, 0.4) is 0 Å². The van der Waals surface area contributed by atoms with Gasteiger partial charge in [-0.1, -0.05) is 19.3 Å². The molecule has 1 fully saturated rings. The Balaban J connectivity index is 2.53. The van der Waals surface area contributed by atoms with Crippen molar-refractivity contribution in [2.24, 2.45) is 11.7 Å². The number of hydrogen-bond acceptors (Lipinski definition) is 3. The molecule has 16 heavy (non-hydrogen) atoms. The highest BCUT2D eigenvalue weighted by molar-refractivity contribution is 5.77. The molecule has 1 rings (SSSR count). The van der Waals surface area contributed by atoms with Gasteiger partial charge >= 0.3 is 0 Å². The van der Waals surface area contributed by atoms with Gasteiger partial charge in [-0.3, -0.25) is 4.79 Å². The van der Waals surface area contributed by atoms with E-state index < -0.39 is 0 Å². The van der Waals surface area contributed by atoms with E-state index in [-0.39, 0.29) is 23.9 Å². The van der Waals surface area contributed by atoms with E-state index in [1.54, 1.807) is 7.11 Å². The van der Waals surface area contributed by atoms with Gasteiger partial charge in [-0.15, -0.1) is 0 Å². The minimum atomic E-state index is -0.163. The van der Waals surface area contributed by atoms with E-state index in [9.17, 15) is 4.79 Å². The van der Waals surface area contributed by atoms with E-state index in [2.05, 4.69) is 12.2 Å². The predicted molar refractivity (Wildman–Crippen MR) is 64.0 cm³/mol. The lowest BCUT2D eigenvalue weighted by Crippen LogP contribution is -2.47. The molecule has 1 saturated carbocycles. The fourth-order valence-electron chi connectivity index (χ4n) is 2.51. The van der Waals surface area contributed by atoms with Crippen LogP contribution in [0, 0.1) is 5.92 Å². The van der Waals surface area contributed by atoms with E-state index in [1.807, 2.05) is 0 Å². The molecule has 3 unspecified atom stereocenters. The highest BCUT2D eigenvalue weighted by atomic mass is 16.5. The van der Waals surface area contributed by atoms with Crippen LogP contribution in [0.1, 0.15) is 39.0 Å². The predicted octanol–water partition coefficient (Wildman–Crippen LogP) is 1.05. The summed E-state index contributed by atoms with van der Waals surface area (Å²) in [5.41, 5.74) is 5.47. The topological polar surface area (TPSA) is 64.3 Å². The second kappa shape index (κ2) is 6.86. The van der Waals surface area contributed by atoms with E-state index in [4.69, 9.17) is 10.5 Å². The largest absolute Gasteiger partial charge is 0.383 e. The Bertz CT molecular complexity index is 221. The first-order valence-corrected chi connectivity index (χ1v) is 6.19. The molecule has 0 aromatic carbocycles. The number of amides is 1. The van der Waals surface area contributed by atoms with Crippen LogP contribution in [0.2, 0.25) is 0 Å². The van der Waals surface area contributed by atoms with Crippen molar-refractivity contribution in [3.63, 3.8) is 0 Å². The molecule has 0 aromatic heterocycles. The van der Waals surface area contributed by atoms with Crippen molar-refractivity contribution in [3.8, 4) is 0 Å². The van der Waals surface area contributed by atoms with Crippen molar-refractivity contribution in [1.29, 1.82) is 0 Å². The summed E-state index contributed by atoms with van der Waals surface area (Å²) in [6.45, 7) is 2.74. The Morgan fingerprint density at radius 1 is 1.44 bits per heavy atom. The molecule has 0 saturated heterocycles. The number of primary amides is 1. The molecule has 94 valence electrons. The third-order valence-corrected chi connectivity index (χ3v) is 3.30. The number of rotatable bonds is 5. The van der Waals surface area contributed by atoms with E-state index >= 15 is 0 Å². The molecule has 3 atom stereocenters. The lowest BCUT2D eigenvalue weighted by molar-refractivity contribution is -0.123. The van der Waals surface area contributed by atoms with Gasteiger partial charge in [0.25, 0.3) is 0 Å².